The van der Waals surface area contributed by atoms with Gasteiger partial charge in [0.25, 0.3) is 0 Å². The molecule has 0 N–H and O–H groups in total. The van der Waals surface area contributed by atoms with E-state index in [2.05, 4.69) is 0 Å². The third-order valence-corrected chi connectivity index (χ3v) is 5.03. The van der Waals surface area contributed by atoms with Crippen LogP contribution >= 0.6 is 0 Å². The average Bonchev–Trinajstić information content (AvgIpc) is 2.63. The molecular weight excluding hydrogens is 627 g/mol. The summed E-state index contributed by atoms with van der Waals surface area (Å²) in [6, 6.07) is 0. The van der Waals surface area contributed by atoms with Gasteiger partial charge in [-0.25, -0.2) is 12.8 Å². The molecule has 37 heavy (non-hydrogen) atoms. The molecule has 0 radical (unpaired) electrons. The molecule has 218 valence electrons. The smallest absolute Gasteiger partial charge is 0.743 e. The normalized spacial score (nSPS) is 16.9. The fraction of sp³-hybridized carbons (Fsp3) is 1.00. The number of rotatable bonds is 11. The van der Waals surface area contributed by atoms with Crippen LogP contribution in [0.3, 0.4) is 0 Å². The Morgan fingerprint density at radius 1 is 0.541 bits per heavy atom. The zero-order valence-corrected chi connectivity index (χ0v) is 19.5. The van der Waals surface area contributed by atoms with E-state index < -0.39 is 82.0 Å². The molecule has 0 aliphatic carbocycles. The van der Waals surface area contributed by atoms with Crippen LogP contribution in [0.5, 0.6) is 0 Å². The number of hydrogen-bond donors (Lipinski definition) is 0. The van der Waals surface area contributed by atoms with E-state index in [-0.39, 0.29) is 29.6 Å². The van der Waals surface area contributed by atoms with Gasteiger partial charge in [-0.05, 0) is 6.42 Å². The minimum atomic E-state index is -9.08. The van der Waals surface area contributed by atoms with Gasteiger partial charge in [0, 0.05) is 6.42 Å². The van der Waals surface area contributed by atoms with E-state index in [9.17, 15) is 101 Å². The van der Waals surface area contributed by atoms with Gasteiger partial charge in [-0.2, -0.15) is 83.4 Å². The van der Waals surface area contributed by atoms with E-state index in [1.54, 1.807) is 0 Å². The van der Waals surface area contributed by atoms with Crippen LogP contribution in [-0.2, 0) is 10.1 Å². The molecule has 0 aliphatic rings. The molecule has 0 fully saturated rings. The average molecular weight is 632 g/mol. The summed E-state index contributed by atoms with van der Waals surface area (Å²) in [6.07, 6.45) is -16.8. The summed E-state index contributed by atoms with van der Waals surface area (Å²) in [7, 11) is -8.25. The van der Waals surface area contributed by atoms with Crippen molar-refractivity contribution in [1.82, 2.24) is 0 Å². The van der Waals surface area contributed by atoms with Crippen LogP contribution in [0.4, 0.5) is 87.8 Å². The first-order valence-electron chi connectivity index (χ1n) is 7.81. The predicted molar refractivity (Wildman–Crippen MR) is 69.5 cm³/mol. The minimum absolute atomic E-state index is 0. The monoisotopic (exact) mass is 632 g/mol. The molecule has 0 spiro atoms. The Hall–Kier alpha value is -0.490. The zero-order chi connectivity index (χ0) is 30.0. The molecule has 3 nitrogen and oxygen atoms in total. The van der Waals surface area contributed by atoms with Gasteiger partial charge in [0.2, 0.25) is 0 Å². The number of halogens is 20. The molecule has 0 aromatic rings. The second kappa shape index (κ2) is 10.2. The van der Waals surface area contributed by atoms with E-state index in [0.717, 1.165) is 0 Å². The van der Waals surface area contributed by atoms with Crippen molar-refractivity contribution < 1.29 is 130 Å². The molecule has 25 heteroatoms. The van der Waals surface area contributed by atoms with Crippen LogP contribution in [0.25, 0.3) is 0 Å². The van der Waals surface area contributed by atoms with Gasteiger partial charge < -0.3 is 4.55 Å². The Labute approximate surface area is 212 Å². The molecule has 0 heterocycles. The Bertz CT molecular complexity index is 910. The Morgan fingerprint density at radius 2 is 0.811 bits per heavy atom. The summed E-state index contributed by atoms with van der Waals surface area (Å²) in [5.74, 6) is -60.6. The van der Waals surface area contributed by atoms with Crippen LogP contribution < -0.4 is 29.6 Å². The molecule has 0 saturated heterocycles. The Kier molecular flexibility index (Phi) is 10.6. The van der Waals surface area contributed by atoms with Gasteiger partial charge >= 0.3 is 82.4 Å². The third-order valence-electron chi connectivity index (χ3n) is 4.14. The van der Waals surface area contributed by atoms with Crippen molar-refractivity contribution in [3.8, 4) is 0 Å². The Morgan fingerprint density at radius 3 is 1.08 bits per heavy atom. The SMILES string of the molecule is O=S(=O)([O-])C(F)(F)C(F)(F)C(F)(F)C(F)(F)C(F)(F)C(F)(F)C(F)(F)C(F)(F)C(F)CCC(F)(F)F.[Na+]. The molecule has 0 aromatic carbocycles. The second-order valence-corrected chi connectivity index (χ2v) is 8.08. The first kappa shape index (κ1) is 38.7. The second-order valence-electron chi connectivity index (χ2n) is 6.66. The van der Waals surface area contributed by atoms with E-state index >= 15 is 0 Å². The molecule has 0 bridgehead atoms. The van der Waals surface area contributed by atoms with Crippen molar-refractivity contribution in [2.24, 2.45) is 0 Å². The van der Waals surface area contributed by atoms with Crippen molar-refractivity contribution >= 4 is 10.1 Å². The van der Waals surface area contributed by atoms with Gasteiger partial charge in [0.15, 0.2) is 16.3 Å². The molecule has 1 unspecified atom stereocenters. The van der Waals surface area contributed by atoms with Crippen molar-refractivity contribution in [3.63, 3.8) is 0 Å². The maximum Gasteiger partial charge on any atom is 1.00 e. The van der Waals surface area contributed by atoms with Crippen LogP contribution in [0.15, 0.2) is 0 Å². The fourth-order valence-electron chi connectivity index (χ4n) is 2.01. The zero-order valence-electron chi connectivity index (χ0n) is 16.7. The first-order chi connectivity index (χ1) is 15.1. The molecule has 0 amide bonds. The van der Waals surface area contributed by atoms with E-state index in [0.29, 0.717) is 0 Å². The van der Waals surface area contributed by atoms with Crippen molar-refractivity contribution in [2.75, 3.05) is 0 Å². The summed E-state index contributed by atoms with van der Waals surface area (Å²) in [6.45, 7) is 0. The molecule has 1 atom stereocenters. The van der Waals surface area contributed by atoms with Gasteiger partial charge in [0.1, 0.15) is 0 Å². The van der Waals surface area contributed by atoms with Gasteiger partial charge in [-0.15, -0.1) is 0 Å². The summed E-state index contributed by atoms with van der Waals surface area (Å²) in [4.78, 5) is 0. The molecular formula is C12H5F20NaO3S. The summed E-state index contributed by atoms with van der Waals surface area (Å²) < 4.78 is 291. The largest absolute Gasteiger partial charge is 1.00 e. The molecule has 0 aromatic heterocycles. The van der Waals surface area contributed by atoms with Crippen molar-refractivity contribution in [3.05, 3.63) is 0 Å². The van der Waals surface area contributed by atoms with Gasteiger partial charge in [-0.3, -0.25) is 0 Å². The predicted octanol–water partition coefficient (Wildman–Crippen LogP) is 3.26. The van der Waals surface area contributed by atoms with Crippen LogP contribution in [0.1, 0.15) is 12.8 Å². The van der Waals surface area contributed by atoms with Crippen LogP contribution in [0, 0.1) is 0 Å². The van der Waals surface area contributed by atoms with Crippen molar-refractivity contribution in [2.45, 2.75) is 71.9 Å². The first-order valence-corrected chi connectivity index (χ1v) is 9.22. The van der Waals surface area contributed by atoms with E-state index in [1.807, 2.05) is 0 Å². The fourth-order valence-corrected chi connectivity index (χ4v) is 2.45. The molecule has 0 aliphatic heterocycles. The van der Waals surface area contributed by atoms with E-state index in [4.69, 9.17) is 0 Å². The third kappa shape index (κ3) is 5.72. The Balaban J connectivity index is 0. The number of hydrogen-bond acceptors (Lipinski definition) is 3. The molecule has 0 saturated carbocycles. The minimum Gasteiger partial charge on any atom is -0.743 e. The van der Waals surface area contributed by atoms with Gasteiger partial charge in [-0.1, -0.05) is 0 Å². The quantitative estimate of drug-likeness (QED) is 0.200. The molecule has 0 rings (SSSR count). The van der Waals surface area contributed by atoms with Gasteiger partial charge in [0.05, 0.1) is 0 Å². The maximum atomic E-state index is 13.5. The van der Waals surface area contributed by atoms with Crippen molar-refractivity contribution in [1.29, 1.82) is 0 Å². The standard InChI is InChI=1S/C12H6F20O3S.Na/c13-3(1-2-4(14,15)16)5(17,18)6(19,20)7(21,22)8(23,24)9(25,26)10(27,28)11(29,30)12(31,32)36(33,34)35;/h3H,1-2H2,(H,33,34,35);/q;+1/p-1. The topological polar surface area (TPSA) is 57.2 Å². The maximum absolute atomic E-state index is 13.5. The summed E-state index contributed by atoms with van der Waals surface area (Å²) >= 11 is 0. The van der Waals surface area contributed by atoms with Crippen LogP contribution in [-0.4, -0.2) is 72.0 Å². The summed E-state index contributed by atoms with van der Waals surface area (Å²) in [5.41, 5.74) is 0. The summed E-state index contributed by atoms with van der Waals surface area (Å²) in [5, 5.41) is -8.06. The number of alkyl halides is 20. The van der Waals surface area contributed by atoms with E-state index in [1.165, 1.54) is 0 Å². The van der Waals surface area contributed by atoms with Crippen LogP contribution in [0.2, 0.25) is 0 Å².